The molecule has 6 aliphatic carbocycles. The highest BCUT2D eigenvalue weighted by atomic mass is 15.2. The van der Waals surface area contributed by atoms with Gasteiger partial charge in [-0.15, -0.1) is 0 Å². The van der Waals surface area contributed by atoms with Gasteiger partial charge in [-0.25, -0.2) is 9.98 Å². The SMILES string of the molecule is CC1(C)c2cc3c(cc2C2=CC=CCC21)C1(CCCCC1)c1cc(C2=NC(c4ccccc4)N=C(C4=CC5CC5C=C4)N2)ccc1-3. The molecule has 10 rings (SSSR count). The van der Waals surface area contributed by atoms with Crippen LogP contribution in [0.3, 0.4) is 0 Å². The largest absolute Gasteiger partial charge is 0.324 e. The summed E-state index contributed by atoms with van der Waals surface area (Å²) in [5.41, 5.74) is 14.3. The number of benzene rings is 3. The lowest BCUT2D eigenvalue weighted by Crippen LogP contribution is -2.37. The third-order valence-electron chi connectivity index (χ3n) is 12.4. The van der Waals surface area contributed by atoms with Gasteiger partial charge in [-0.1, -0.05) is 112 Å². The van der Waals surface area contributed by atoms with Crippen LogP contribution in [0.4, 0.5) is 0 Å². The first kappa shape index (κ1) is 26.9. The van der Waals surface area contributed by atoms with Crippen LogP contribution in [0.25, 0.3) is 16.7 Å². The summed E-state index contributed by atoms with van der Waals surface area (Å²) in [7, 11) is 0. The van der Waals surface area contributed by atoms with Gasteiger partial charge in [0.05, 0.1) is 0 Å². The maximum atomic E-state index is 5.27. The van der Waals surface area contributed by atoms with Crippen molar-refractivity contribution in [3.8, 4) is 11.1 Å². The van der Waals surface area contributed by atoms with Crippen molar-refractivity contribution in [1.82, 2.24) is 5.32 Å². The molecular weight excluding hydrogens is 558 g/mol. The molecule has 1 N–H and O–H groups in total. The van der Waals surface area contributed by atoms with Gasteiger partial charge in [-0.2, -0.15) is 0 Å². The van der Waals surface area contributed by atoms with Crippen LogP contribution in [0.5, 0.6) is 0 Å². The van der Waals surface area contributed by atoms with E-state index in [1.54, 1.807) is 11.1 Å². The van der Waals surface area contributed by atoms with Gasteiger partial charge in [0.25, 0.3) is 0 Å². The van der Waals surface area contributed by atoms with Crippen LogP contribution in [0.15, 0.2) is 113 Å². The van der Waals surface area contributed by atoms with Gasteiger partial charge in [-0.3, -0.25) is 0 Å². The van der Waals surface area contributed by atoms with Gasteiger partial charge >= 0.3 is 0 Å². The maximum Gasteiger partial charge on any atom is 0.169 e. The Bertz CT molecular complexity index is 1990. The fourth-order valence-electron chi connectivity index (χ4n) is 9.77. The summed E-state index contributed by atoms with van der Waals surface area (Å²) in [6.07, 6.45) is 22.6. The van der Waals surface area contributed by atoms with Gasteiger partial charge in [0.1, 0.15) is 11.7 Å². The monoisotopic (exact) mass is 599 g/mol. The lowest BCUT2D eigenvalue weighted by Gasteiger charge is -2.36. The third-order valence-corrected chi connectivity index (χ3v) is 12.4. The van der Waals surface area contributed by atoms with Crippen molar-refractivity contribution in [1.29, 1.82) is 0 Å². The van der Waals surface area contributed by atoms with Crippen molar-refractivity contribution in [2.24, 2.45) is 27.7 Å². The molecule has 0 amide bonds. The molecule has 1 aliphatic heterocycles. The molecule has 3 heteroatoms. The normalized spacial score (nSPS) is 28.5. The molecule has 1 spiro atoms. The van der Waals surface area contributed by atoms with E-state index < -0.39 is 0 Å². The van der Waals surface area contributed by atoms with Gasteiger partial charge in [-0.05, 0) is 112 Å². The number of hydrogen-bond acceptors (Lipinski definition) is 3. The first-order chi connectivity index (χ1) is 22.5. The van der Waals surface area contributed by atoms with Crippen LogP contribution in [0.2, 0.25) is 0 Å². The molecular formula is C43H41N3. The quantitative estimate of drug-likeness (QED) is 0.320. The highest BCUT2D eigenvalue weighted by Gasteiger charge is 2.48. The molecule has 1 heterocycles. The minimum atomic E-state index is -0.260. The van der Waals surface area contributed by atoms with Crippen LogP contribution in [-0.4, -0.2) is 11.7 Å². The summed E-state index contributed by atoms with van der Waals surface area (Å²) < 4.78 is 0. The molecule has 228 valence electrons. The van der Waals surface area contributed by atoms with Crippen LogP contribution in [0.1, 0.15) is 98.3 Å². The highest BCUT2D eigenvalue weighted by Crippen LogP contribution is 2.60. The van der Waals surface area contributed by atoms with Crippen molar-refractivity contribution in [3.63, 3.8) is 0 Å². The molecule has 2 saturated carbocycles. The Balaban J connectivity index is 1.10. The van der Waals surface area contributed by atoms with Crippen LogP contribution in [-0.2, 0) is 10.8 Å². The Morgan fingerprint density at radius 1 is 0.783 bits per heavy atom. The maximum absolute atomic E-state index is 5.27. The number of amidine groups is 2. The first-order valence-corrected chi connectivity index (χ1v) is 17.6. The zero-order valence-electron chi connectivity index (χ0n) is 26.9. The summed E-state index contributed by atoms with van der Waals surface area (Å²) in [4.78, 5) is 10.4. The zero-order chi connectivity index (χ0) is 30.6. The molecule has 0 aromatic heterocycles. The van der Waals surface area contributed by atoms with E-state index in [4.69, 9.17) is 9.98 Å². The van der Waals surface area contributed by atoms with Gasteiger partial charge in [0, 0.05) is 16.6 Å². The summed E-state index contributed by atoms with van der Waals surface area (Å²) in [6, 6.07) is 23.0. The van der Waals surface area contributed by atoms with Crippen LogP contribution in [0, 0.1) is 17.8 Å². The number of allylic oxidation sites excluding steroid dienone is 6. The molecule has 2 fully saturated rings. The molecule has 3 aromatic carbocycles. The fraction of sp³-hybridized carbons (Fsp3) is 0.349. The van der Waals surface area contributed by atoms with Crippen molar-refractivity contribution >= 4 is 17.2 Å². The average Bonchev–Trinajstić information content (AvgIpc) is 3.81. The molecule has 0 radical (unpaired) electrons. The first-order valence-electron chi connectivity index (χ1n) is 17.6. The van der Waals surface area contributed by atoms with E-state index in [-0.39, 0.29) is 17.0 Å². The van der Waals surface area contributed by atoms with Gasteiger partial charge in [0.2, 0.25) is 0 Å². The number of nitrogens with one attached hydrogen (secondary N) is 1. The van der Waals surface area contributed by atoms with Crippen molar-refractivity contribution in [2.45, 2.75) is 75.8 Å². The molecule has 0 saturated heterocycles. The van der Waals surface area contributed by atoms with E-state index in [1.807, 2.05) is 0 Å². The molecule has 0 bridgehead atoms. The lowest BCUT2D eigenvalue weighted by molar-refractivity contribution is 0.352. The fourth-order valence-corrected chi connectivity index (χ4v) is 9.77. The minimum absolute atomic E-state index is 0.0713. The molecule has 3 nitrogen and oxygen atoms in total. The molecule has 46 heavy (non-hydrogen) atoms. The Kier molecular flexibility index (Phi) is 5.64. The summed E-state index contributed by atoms with van der Waals surface area (Å²) in [5, 5.41) is 3.73. The van der Waals surface area contributed by atoms with Crippen molar-refractivity contribution < 1.29 is 0 Å². The Morgan fingerprint density at radius 3 is 2.43 bits per heavy atom. The second kappa shape index (κ2) is 9.64. The van der Waals surface area contributed by atoms with E-state index in [9.17, 15) is 0 Å². The Hall–Kier alpha value is -4.24. The lowest BCUT2D eigenvalue weighted by atomic mass is 9.67. The summed E-state index contributed by atoms with van der Waals surface area (Å²) in [5.74, 6) is 3.83. The highest BCUT2D eigenvalue weighted by molar-refractivity contribution is 6.17. The smallest absolute Gasteiger partial charge is 0.169 e. The van der Waals surface area contributed by atoms with Gasteiger partial charge < -0.3 is 5.32 Å². The number of hydrogen-bond donors (Lipinski definition) is 1. The Morgan fingerprint density at radius 2 is 1.59 bits per heavy atom. The van der Waals surface area contributed by atoms with E-state index in [1.165, 1.54) is 77.5 Å². The Labute approximate surface area is 272 Å². The summed E-state index contributed by atoms with van der Waals surface area (Å²) in [6.45, 7) is 4.93. The predicted octanol–water partition coefficient (Wildman–Crippen LogP) is 9.75. The second-order valence-electron chi connectivity index (χ2n) is 15.3. The molecule has 4 atom stereocenters. The zero-order valence-corrected chi connectivity index (χ0v) is 26.9. The van der Waals surface area contributed by atoms with Gasteiger partial charge in [0.15, 0.2) is 6.17 Å². The predicted molar refractivity (Wildman–Crippen MR) is 189 cm³/mol. The van der Waals surface area contributed by atoms with Crippen LogP contribution >= 0.6 is 0 Å². The van der Waals surface area contributed by atoms with E-state index >= 15 is 0 Å². The third kappa shape index (κ3) is 3.84. The van der Waals surface area contributed by atoms with Crippen molar-refractivity contribution in [3.05, 3.63) is 136 Å². The van der Waals surface area contributed by atoms with E-state index in [0.717, 1.165) is 29.6 Å². The van der Waals surface area contributed by atoms with E-state index in [0.29, 0.717) is 11.8 Å². The standard InChI is InChI=1S/C43H41N3/c1-42(2)35-14-8-7-13-31(35)33-25-38-34(24-36(33)42)32-18-17-29(23-37(32)43(38)19-9-4-10-20-43)41-45-39(26-11-5-3-6-12-26)44-40(46-41)28-16-15-27-21-30(27)22-28/h3,5-8,11-13,15-18,22-25,27,30,35,39H,4,9-10,14,19-21H2,1-2H3,(H,44,45,46). The average molecular weight is 600 g/mol. The number of fused-ring (bicyclic) bond motifs is 9. The second-order valence-corrected chi connectivity index (χ2v) is 15.3. The number of rotatable bonds is 3. The topological polar surface area (TPSA) is 36.8 Å². The molecule has 4 unspecified atom stereocenters. The number of aliphatic imine (C=N–C) groups is 2. The molecule has 3 aromatic rings. The van der Waals surface area contributed by atoms with E-state index in [2.05, 4.69) is 116 Å². The van der Waals surface area contributed by atoms with Crippen LogP contribution < -0.4 is 5.32 Å². The molecule has 7 aliphatic rings. The number of nitrogens with zero attached hydrogens (tertiary/aromatic N) is 2. The van der Waals surface area contributed by atoms with Crippen molar-refractivity contribution in [2.75, 3.05) is 0 Å². The summed E-state index contributed by atoms with van der Waals surface area (Å²) >= 11 is 0. The minimum Gasteiger partial charge on any atom is -0.324 e.